The molecule has 0 aromatic heterocycles. The zero-order valence-corrected chi connectivity index (χ0v) is 12.9. The molecule has 20 heavy (non-hydrogen) atoms. The van der Waals surface area contributed by atoms with Gasteiger partial charge in [0.1, 0.15) is 0 Å². The average Bonchev–Trinajstić information content (AvgIpc) is 2.47. The van der Waals surface area contributed by atoms with E-state index < -0.39 is 0 Å². The number of methoxy groups -OCH3 is 1. The van der Waals surface area contributed by atoms with Crippen LogP contribution in [-0.2, 0) is 4.74 Å². The Morgan fingerprint density at radius 3 is 2.60 bits per heavy atom. The number of likely N-dealkylation sites (N-methyl/N-ethyl adjacent to an activating group) is 1. The summed E-state index contributed by atoms with van der Waals surface area (Å²) in [5.74, 6) is 0. The fraction of sp³-hybridized carbons (Fsp3) is 0.625. The Labute approximate surface area is 122 Å². The van der Waals surface area contributed by atoms with Crippen molar-refractivity contribution >= 4 is 5.69 Å². The molecular formula is C16H27N3O. The summed E-state index contributed by atoms with van der Waals surface area (Å²) in [5.41, 5.74) is 2.69. The first kappa shape index (κ1) is 15.3. The van der Waals surface area contributed by atoms with Gasteiger partial charge in [0.25, 0.3) is 0 Å². The molecule has 1 aromatic rings. The van der Waals surface area contributed by atoms with Gasteiger partial charge in [-0.25, -0.2) is 0 Å². The summed E-state index contributed by atoms with van der Waals surface area (Å²) in [4.78, 5) is 5.00. The second kappa shape index (κ2) is 7.62. The Hall–Kier alpha value is -1.10. The van der Waals surface area contributed by atoms with Gasteiger partial charge in [-0.2, -0.15) is 0 Å². The minimum atomic E-state index is 0.422. The van der Waals surface area contributed by atoms with Gasteiger partial charge < -0.3 is 15.0 Å². The summed E-state index contributed by atoms with van der Waals surface area (Å²) in [6.07, 6.45) is 0. The molecule has 1 aromatic carbocycles. The van der Waals surface area contributed by atoms with Crippen molar-refractivity contribution in [3.05, 3.63) is 29.8 Å². The molecule has 1 aliphatic rings. The SMILES string of the molecule is CNC(COC)CN1CCN(c2cccc(C)c2)CC1. The van der Waals surface area contributed by atoms with Crippen LogP contribution >= 0.6 is 0 Å². The lowest BCUT2D eigenvalue weighted by molar-refractivity contribution is 0.138. The molecule has 2 rings (SSSR count). The lowest BCUT2D eigenvalue weighted by atomic mass is 10.2. The summed E-state index contributed by atoms with van der Waals surface area (Å²) in [6.45, 7) is 8.44. The van der Waals surface area contributed by atoms with Crippen molar-refractivity contribution in [3.63, 3.8) is 0 Å². The van der Waals surface area contributed by atoms with Crippen LogP contribution in [0.5, 0.6) is 0 Å². The monoisotopic (exact) mass is 277 g/mol. The van der Waals surface area contributed by atoms with Crippen molar-refractivity contribution in [2.75, 3.05) is 58.4 Å². The molecule has 1 atom stereocenters. The van der Waals surface area contributed by atoms with Crippen molar-refractivity contribution in [1.82, 2.24) is 10.2 Å². The number of benzene rings is 1. The minimum Gasteiger partial charge on any atom is -0.383 e. The van der Waals surface area contributed by atoms with Gasteiger partial charge in [-0.3, -0.25) is 4.90 Å². The van der Waals surface area contributed by atoms with Gasteiger partial charge in [-0.15, -0.1) is 0 Å². The van der Waals surface area contributed by atoms with Crippen LogP contribution in [0.25, 0.3) is 0 Å². The number of piperazine rings is 1. The van der Waals surface area contributed by atoms with E-state index in [2.05, 4.69) is 46.3 Å². The fourth-order valence-electron chi connectivity index (χ4n) is 2.75. The maximum Gasteiger partial charge on any atom is 0.0628 e. The fourth-order valence-corrected chi connectivity index (χ4v) is 2.75. The van der Waals surface area contributed by atoms with E-state index >= 15 is 0 Å². The number of aryl methyl sites for hydroxylation is 1. The maximum atomic E-state index is 5.24. The van der Waals surface area contributed by atoms with Crippen molar-refractivity contribution in [2.24, 2.45) is 0 Å². The zero-order chi connectivity index (χ0) is 14.4. The molecule has 112 valence electrons. The molecule has 1 unspecified atom stereocenters. The Kier molecular flexibility index (Phi) is 5.83. The van der Waals surface area contributed by atoms with Crippen molar-refractivity contribution in [1.29, 1.82) is 0 Å². The van der Waals surface area contributed by atoms with Crippen LogP contribution in [0, 0.1) is 6.92 Å². The van der Waals surface area contributed by atoms with Crippen LogP contribution in [-0.4, -0.2) is 64.4 Å². The van der Waals surface area contributed by atoms with Gasteiger partial charge in [0, 0.05) is 51.6 Å². The van der Waals surface area contributed by atoms with E-state index in [1.54, 1.807) is 7.11 Å². The molecular weight excluding hydrogens is 250 g/mol. The third-order valence-corrected chi connectivity index (χ3v) is 3.99. The molecule has 0 aliphatic carbocycles. The molecule has 0 radical (unpaired) electrons. The molecule has 0 saturated carbocycles. The normalized spacial score (nSPS) is 18.2. The van der Waals surface area contributed by atoms with Gasteiger partial charge in [-0.1, -0.05) is 12.1 Å². The number of nitrogens with zero attached hydrogens (tertiary/aromatic N) is 2. The number of nitrogens with one attached hydrogen (secondary N) is 1. The highest BCUT2D eigenvalue weighted by Crippen LogP contribution is 2.17. The van der Waals surface area contributed by atoms with Crippen molar-refractivity contribution in [3.8, 4) is 0 Å². The predicted octanol–water partition coefficient (Wildman–Crippen LogP) is 1.35. The van der Waals surface area contributed by atoms with Crippen LogP contribution in [0.1, 0.15) is 5.56 Å². The lowest BCUT2D eigenvalue weighted by Crippen LogP contribution is -2.51. The first-order valence-electron chi connectivity index (χ1n) is 7.43. The van der Waals surface area contributed by atoms with E-state index in [0.717, 1.165) is 39.3 Å². The first-order valence-corrected chi connectivity index (χ1v) is 7.43. The first-order chi connectivity index (χ1) is 9.72. The summed E-state index contributed by atoms with van der Waals surface area (Å²) in [7, 11) is 3.77. The third kappa shape index (κ3) is 4.20. The largest absolute Gasteiger partial charge is 0.383 e. The zero-order valence-electron chi connectivity index (χ0n) is 12.9. The summed E-state index contributed by atoms with van der Waals surface area (Å²) in [6, 6.07) is 9.21. The molecule has 4 nitrogen and oxygen atoms in total. The van der Waals surface area contributed by atoms with E-state index in [0.29, 0.717) is 6.04 Å². The van der Waals surface area contributed by atoms with E-state index in [1.807, 2.05) is 7.05 Å². The van der Waals surface area contributed by atoms with Crippen LogP contribution in [0.2, 0.25) is 0 Å². The number of ether oxygens (including phenoxy) is 1. The highest BCUT2D eigenvalue weighted by atomic mass is 16.5. The number of hydrogen-bond donors (Lipinski definition) is 1. The second-order valence-corrected chi connectivity index (χ2v) is 5.57. The van der Waals surface area contributed by atoms with E-state index in [1.165, 1.54) is 11.3 Å². The summed E-state index contributed by atoms with van der Waals surface area (Å²) in [5, 5.41) is 3.32. The Balaban J connectivity index is 1.83. The smallest absolute Gasteiger partial charge is 0.0628 e. The molecule has 1 heterocycles. The van der Waals surface area contributed by atoms with E-state index in [4.69, 9.17) is 4.74 Å². The van der Waals surface area contributed by atoms with Crippen LogP contribution in [0.15, 0.2) is 24.3 Å². The molecule has 1 aliphatic heterocycles. The highest BCUT2D eigenvalue weighted by molar-refractivity contribution is 5.48. The van der Waals surface area contributed by atoms with Crippen LogP contribution in [0.4, 0.5) is 5.69 Å². The molecule has 4 heteroatoms. The lowest BCUT2D eigenvalue weighted by Gasteiger charge is -2.37. The minimum absolute atomic E-state index is 0.422. The van der Waals surface area contributed by atoms with Gasteiger partial charge in [0.2, 0.25) is 0 Å². The van der Waals surface area contributed by atoms with E-state index in [9.17, 15) is 0 Å². The van der Waals surface area contributed by atoms with Crippen LogP contribution < -0.4 is 10.2 Å². The Bertz CT molecular complexity index is 402. The number of hydrogen-bond acceptors (Lipinski definition) is 4. The van der Waals surface area contributed by atoms with Gasteiger partial charge in [-0.05, 0) is 31.7 Å². The van der Waals surface area contributed by atoms with Crippen LogP contribution in [0.3, 0.4) is 0 Å². The molecule has 1 saturated heterocycles. The van der Waals surface area contributed by atoms with Gasteiger partial charge >= 0.3 is 0 Å². The maximum absolute atomic E-state index is 5.24. The number of anilines is 1. The Morgan fingerprint density at radius 1 is 1.25 bits per heavy atom. The standard InChI is InChI=1S/C16H27N3O/c1-14-5-4-6-16(11-14)19-9-7-18(8-10-19)12-15(17-2)13-20-3/h4-6,11,15,17H,7-10,12-13H2,1-3H3. The topological polar surface area (TPSA) is 27.7 Å². The molecule has 1 fully saturated rings. The highest BCUT2D eigenvalue weighted by Gasteiger charge is 2.19. The third-order valence-electron chi connectivity index (χ3n) is 3.99. The second-order valence-electron chi connectivity index (χ2n) is 5.57. The molecule has 0 amide bonds. The molecule has 0 spiro atoms. The van der Waals surface area contributed by atoms with E-state index in [-0.39, 0.29) is 0 Å². The summed E-state index contributed by atoms with van der Waals surface area (Å²) >= 11 is 0. The summed E-state index contributed by atoms with van der Waals surface area (Å²) < 4.78 is 5.24. The molecule has 1 N–H and O–H groups in total. The quantitative estimate of drug-likeness (QED) is 0.849. The Morgan fingerprint density at radius 2 is 2.00 bits per heavy atom. The molecule has 0 bridgehead atoms. The van der Waals surface area contributed by atoms with Gasteiger partial charge in [0.15, 0.2) is 0 Å². The van der Waals surface area contributed by atoms with Crippen molar-refractivity contribution < 1.29 is 4.74 Å². The average molecular weight is 277 g/mol. The predicted molar refractivity (Wildman–Crippen MR) is 84.6 cm³/mol. The van der Waals surface area contributed by atoms with Gasteiger partial charge in [0.05, 0.1) is 6.61 Å². The van der Waals surface area contributed by atoms with Crippen molar-refractivity contribution in [2.45, 2.75) is 13.0 Å². The number of rotatable bonds is 6.